The fourth-order valence-corrected chi connectivity index (χ4v) is 3.22. The molecular weight excluding hydrogens is 364 g/mol. The number of hydrogen-bond donors (Lipinski definition) is 1. The molecule has 2 aromatic heterocycles. The van der Waals surface area contributed by atoms with Crippen molar-refractivity contribution in [1.82, 2.24) is 30.4 Å². The summed E-state index contributed by atoms with van der Waals surface area (Å²) in [4.78, 5) is 0. The number of rotatable bonds is 4. The SMILES string of the molecule is Cc1c(C#N)cccc1Cn1nc(C)c2ccc(C(F)(F)c3nn[nH]n3)cc21. The van der Waals surface area contributed by atoms with Gasteiger partial charge in [0.15, 0.2) is 0 Å². The molecule has 0 amide bonds. The van der Waals surface area contributed by atoms with Crippen LogP contribution in [0.1, 0.15) is 33.8 Å². The van der Waals surface area contributed by atoms with E-state index in [1.54, 1.807) is 22.9 Å². The number of fused-ring (bicyclic) bond motifs is 1. The van der Waals surface area contributed by atoms with Gasteiger partial charge in [0, 0.05) is 10.9 Å². The fraction of sp³-hybridized carbons (Fsp3) is 0.211. The number of aromatic amines is 1. The van der Waals surface area contributed by atoms with Crippen molar-refractivity contribution >= 4 is 10.9 Å². The summed E-state index contributed by atoms with van der Waals surface area (Å²) >= 11 is 0. The number of alkyl halides is 2. The van der Waals surface area contributed by atoms with E-state index in [2.05, 4.69) is 31.8 Å². The molecule has 0 atom stereocenters. The van der Waals surface area contributed by atoms with E-state index in [-0.39, 0.29) is 5.56 Å². The van der Waals surface area contributed by atoms with Crippen LogP contribution in [-0.4, -0.2) is 30.4 Å². The third kappa shape index (κ3) is 2.79. The Balaban J connectivity index is 1.81. The van der Waals surface area contributed by atoms with Gasteiger partial charge in [-0.25, -0.2) is 0 Å². The number of H-pyrrole nitrogens is 1. The van der Waals surface area contributed by atoms with Crippen LogP contribution in [0.2, 0.25) is 0 Å². The smallest absolute Gasteiger partial charge is 0.260 e. The molecule has 0 radical (unpaired) electrons. The number of hydrogen-bond acceptors (Lipinski definition) is 5. The summed E-state index contributed by atoms with van der Waals surface area (Å²) in [5, 5.41) is 26.6. The lowest BCUT2D eigenvalue weighted by atomic mass is 10.0. The Kier molecular flexibility index (Phi) is 4.11. The zero-order chi connectivity index (χ0) is 19.9. The maximum absolute atomic E-state index is 14.7. The molecule has 0 aliphatic carbocycles. The van der Waals surface area contributed by atoms with E-state index in [9.17, 15) is 14.0 Å². The van der Waals surface area contributed by atoms with Crippen LogP contribution in [0.5, 0.6) is 0 Å². The number of halogens is 2. The van der Waals surface area contributed by atoms with Gasteiger partial charge in [-0.1, -0.05) is 24.3 Å². The highest BCUT2D eigenvalue weighted by atomic mass is 19.3. The molecule has 0 saturated heterocycles. The normalized spacial score (nSPS) is 11.7. The number of tetrazole rings is 1. The van der Waals surface area contributed by atoms with Gasteiger partial charge in [-0.05, 0) is 42.3 Å². The van der Waals surface area contributed by atoms with E-state index in [4.69, 9.17) is 0 Å². The van der Waals surface area contributed by atoms with Crippen LogP contribution in [-0.2, 0) is 12.5 Å². The first-order valence-corrected chi connectivity index (χ1v) is 8.50. The number of nitrogens with one attached hydrogen (secondary N) is 1. The van der Waals surface area contributed by atoms with Crippen LogP contribution in [0.15, 0.2) is 36.4 Å². The van der Waals surface area contributed by atoms with E-state index >= 15 is 0 Å². The molecule has 2 heterocycles. The molecule has 2 aromatic carbocycles. The minimum absolute atomic E-state index is 0.245. The lowest BCUT2D eigenvalue weighted by Crippen LogP contribution is -2.17. The molecular formula is C19H15F2N7. The number of nitrogens with zero attached hydrogens (tertiary/aromatic N) is 6. The van der Waals surface area contributed by atoms with Crippen molar-refractivity contribution < 1.29 is 8.78 Å². The van der Waals surface area contributed by atoms with Crippen molar-refractivity contribution in [3.05, 3.63) is 70.2 Å². The molecule has 140 valence electrons. The summed E-state index contributed by atoms with van der Waals surface area (Å²) in [6.07, 6.45) is 0. The minimum Gasteiger partial charge on any atom is -0.260 e. The van der Waals surface area contributed by atoms with E-state index in [0.29, 0.717) is 17.6 Å². The van der Waals surface area contributed by atoms with Crippen molar-refractivity contribution in [3.63, 3.8) is 0 Å². The molecule has 0 aliphatic rings. The summed E-state index contributed by atoms with van der Waals surface area (Å²) in [6.45, 7) is 4.06. The Morgan fingerprint density at radius 1 is 1.21 bits per heavy atom. The monoisotopic (exact) mass is 379 g/mol. The highest BCUT2D eigenvalue weighted by molar-refractivity contribution is 5.83. The zero-order valence-corrected chi connectivity index (χ0v) is 15.1. The summed E-state index contributed by atoms with van der Waals surface area (Å²) < 4.78 is 31.1. The molecule has 1 N–H and O–H groups in total. The van der Waals surface area contributed by atoms with E-state index in [1.165, 1.54) is 12.1 Å². The van der Waals surface area contributed by atoms with Gasteiger partial charge in [0.25, 0.3) is 0 Å². The van der Waals surface area contributed by atoms with Gasteiger partial charge in [-0.2, -0.15) is 24.4 Å². The first-order valence-electron chi connectivity index (χ1n) is 8.50. The highest BCUT2D eigenvalue weighted by Gasteiger charge is 2.39. The number of aromatic nitrogens is 6. The fourth-order valence-electron chi connectivity index (χ4n) is 3.22. The summed E-state index contributed by atoms with van der Waals surface area (Å²) in [7, 11) is 0. The average molecular weight is 379 g/mol. The average Bonchev–Trinajstić information content (AvgIpc) is 3.33. The second kappa shape index (κ2) is 6.49. The van der Waals surface area contributed by atoms with E-state index in [1.807, 2.05) is 19.9 Å². The van der Waals surface area contributed by atoms with Crippen LogP contribution >= 0.6 is 0 Å². The second-order valence-electron chi connectivity index (χ2n) is 6.49. The quantitative estimate of drug-likeness (QED) is 0.587. The Bertz CT molecular complexity index is 1200. The van der Waals surface area contributed by atoms with Crippen LogP contribution in [0.25, 0.3) is 10.9 Å². The van der Waals surface area contributed by atoms with Gasteiger partial charge in [-0.15, -0.1) is 10.2 Å². The van der Waals surface area contributed by atoms with Gasteiger partial charge < -0.3 is 0 Å². The molecule has 0 spiro atoms. The maximum atomic E-state index is 14.7. The van der Waals surface area contributed by atoms with Gasteiger partial charge in [0.05, 0.1) is 29.4 Å². The third-order valence-corrected chi connectivity index (χ3v) is 4.81. The van der Waals surface area contributed by atoms with E-state index < -0.39 is 11.7 Å². The lowest BCUT2D eigenvalue weighted by Gasteiger charge is -2.13. The summed E-state index contributed by atoms with van der Waals surface area (Å²) in [6, 6.07) is 12.0. The molecule has 0 unspecified atom stereocenters. The highest BCUT2D eigenvalue weighted by Crippen LogP contribution is 2.35. The van der Waals surface area contributed by atoms with Crippen molar-refractivity contribution in [3.8, 4) is 6.07 Å². The number of aryl methyl sites for hydroxylation is 1. The van der Waals surface area contributed by atoms with Gasteiger partial charge in [0.2, 0.25) is 5.82 Å². The molecule has 0 fully saturated rings. The Morgan fingerprint density at radius 3 is 2.75 bits per heavy atom. The van der Waals surface area contributed by atoms with Crippen molar-refractivity contribution in [2.24, 2.45) is 0 Å². The van der Waals surface area contributed by atoms with Crippen LogP contribution < -0.4 is 0 Å². The molecule has 4 aromatic rings. The maximum Gasteiger partial charge on any atom is 0.335 e. The molecule has 28 heavy (non-hydrogen) atoms. The molecule has 9 heteroatoms. The first-order chi connectivity index (χ1) is 13.4. The van der Waals surface area contributed by atoms with Crippen molar-refractivity contribution in [1.29, 1.82) is 5.26 Å². The van der Waals surface area contributed by atoms with E-state index in [0.717, 1.165) is 22.2 Å². The predicted octanol–water partition coefficient (Wildman–Crippen LogP) is 3.23. The Morgan fingerprint density at radius 2 is 2.04 bits per heavy atom. The standard InChI is InChI=1S/C19H15F2N7/c1-11-13(9-22)4-3-5-14(11)10-28-17-8-15(6-7-16(17)12(2)25-28)19(20,21)18-23-26-27-24-18/h3-8H,10H2,1-2H3,(H,23,24,26,27). The first kappa shape index (κ1) is 17.7. The second-order valence-corrected chi connectivity index (χ2v) is 6.49. The summed E-state index contributed by atoms with van der Waals surface area (Å²) in [5.41, 5.74) is 3.39. The predicted molar refractivity (Wildman–Crippen MR) is 96.6 cm³/mol. The van der Waals surface area contributed by atoms with Gasteiger partial charge >= 0.3 is 5.92 Å². The largest absolute Gasteiger partial charge is 0.335 e. The molecule has 7 nitrogen and oxygen atoms in total. The Hall–Kier alpha value is -3.67. The third-order valence-electron chi connectivity index (χ3n) is 4.81. The van der Waals surface area contributed by atoms with Crippen LogP contribution in [0.4, 0.5) is 8.78 Å². The van der Waals surface area contributed by atoms with Crippen molar-refractivity contribution in [2.45, 2.75) is 26.3 Å². The van der Waals surface area contributed by atoms with Crippen LogP contribution in [0.3, 0.4) is 0 Å². The minimum atomic E-state index is -3.39. The van der Waals surface area contributed by atoms with Crippen molar-refractivity contribution in [2.75, 3.05) is 0 Å². The molecule has 0 saturated carbocycles. The molecule has 0 bridgehead atoms. The summed E-state index contributed by atoms with van der Waals surface area (Å²) in [5.74, 6) is -4.08. The topological polar surface area (TPSA) is 96.1 Å². The zero-order valence-electron chi connectivity index (χ0n) is 15.1. The van der Waals surface area contributed by atoms with Gasteiger partial charge in [0.1, 0.15) is 0 Å². The molecule has 0 aliphatic heterocycles. The lowest BCUT2D eigenvalue weighted by molar-refractivity contribution is 0.0330. The Labute approximate surface area is 158 Å². The number of nitriles is 1. The number of benzene rings is 2. The molecule has 4 rings (SSSR count). The van der Waals surface area contributed by atoms with Crippen LogP contribution in [0, 0.1) is 25.2 Å². The van der Waals surface area contributed by atoms with Gasteiger partial charge in [-0.3, -0.25) is 4.68 Å².